The van der Waals surface area contributed by atoms with E-state index >= 15 is 0 Å². The van der Waals surface area contributed by atoms with Gasteiger partial charge in [0.15, 0.2) is 0 Å². The number of likely N-dealkylation sites (tertiary alicyclic amines) is 1. The molecule has 29 heavy (non-hydrogen) atoms. The number of phenolic OH excluding ortho intramolecular Hbond substituents is 1. The Kier molecular flexibility index (Phi) is 4.86. The van der Waals surface area contributed by atoms with E-state index in [2.05, 4.69) is 76.9 Å². The van der Waals surface area contributed by atoms with Crippen LogP contribution in [0.25, 0.3) is 0 Å². The van der Waals surface area contributed by atoms with Gasteiger partial charge in [0.25, 0.3) is 0 Å². The van der Waals surface area contributed by atoms with Crippen molar-refractivity contribution in [1.82, 2.24) is 10.2 Å². The van der Waals surface area contributed by atoms with Crippen molar-refractivity contribution in [3.05, 3.63) is 101 Å². The molecule has 2 N–H and O–H groups in total. The van der Waals surface area contributed by atoms with Gasteiger partial charge in [0, 0.05) is 37.6 Å². The van der Waals surface area contributed by atoms with E-state index in [1.807, 2.05) is 12.1 Å². The predicted molar refractivity (Wildman–Crippen MR) is 117 cm³/mol. The number of aromatic hydroxyl groups is 1. The largest absolute Gasteiger partial charge is 0.508 e. The number of nitrogens with zero attached hydrogens (tertiary/aromatic N) is 1. The van der Waals surface area contributed by atoms with E-state index in [-0.39, 0.29) is 11.5 Å². The number of hydrogen-bond donors (Lipinski definition) is 2. The minimum Gasteiger partial charge on any atom is -0.508 e. The van der Waals surface area contributed by atoms with Crippen molar-refractivity contribution < 1.29 is 5.11 Å². The molecule has 0 bridgehead atoms. The average molecular weight is 385 g/mol. The van der Waals surface area contributed by atoms with Gasteiger partial charge in [-0.1, -0.05) is 66.7 Å². The number of fused-ring (bicyclic) bond motifs is 2. The maximum atomic E-state index is 10.2. The molecule has 1 spiro atoms. The molecular weight excluding hydrogens is 356 g/mol. The quantitative estimate of drug-likeness (QED) is 0.692. The summed E-state index contributed by atoms with van der Waals surface area (Å²) in [5.41, 5.74) is 5.36. The fourth-order valence-electron chi connectivity index (χ4n) is 5.14. The summed E-state index contributed by atoms with van der Waals surface area (Å²) < 4.78 is 0. The Labute approximate surface area is 173 Å². The van der Waals surface area contributed by atoms with Gasteiger partial charge < -0.3 is 10.4 Å². The smallest absolute Gasteiger partial charge is 0.115 e. The van der Waals surface area contributed by atoms with E-state index in [1.165, 1.54) is 22.3 Å². The molecule has 1 fully saturated rings. The molecule has 1 atom stereocenters. The van der Waals surface area contributed by atoms with Crippen molar-refractivity contribution in [3.8, 4) is 5.75 Å². The van der Waals surface area contributed by atoms with Crippen LogP contribution in [-0.2, 0) is 12.1 Å². The standard InChI is InChI=1S/C26H28N2O/c29-22-11-12-25-23(17-22)24(21-9-5-2-6-10-21)18-27-26(25)13-15-28(16-14-26)19-20-7-3-1-4-8-20/h1-12,17,24,27,29H,13-16,18-19H2. The zero-order valence-corrected chi connectivity index (χ0v) is 16.7. The number of piperidine rings is 1. The first-order valence-corrected chi connectivity index (χ1v) is 10.6. The van der Waals surface area contributed by atoms with E-state index in [9.17, 15) is 5.11 Å². The van der Waals surface area contributed by atoms with E-state index in [0.717, 1.165) is 39.0 Å². The lowest BCUT2D eigenvalue weighted by atomic mass is 9.71. The van der Waals surface area contributed by atoms with E-state index in [0.29, 0.717) is 5.75 Å². The molecule has 5 rings (SSSR count). The van der Waals surface area contributed by atoms with Crippen LogP contribution in [0, 0.1) is 0 Å². The van der Waals surface area contributed by atoms with Crippen LogP contribution in [0.4, 0.5) is 0 Å². The molecule has 1 saturated heterocycles. The third-order valence-electron chi connectivity index (χ3n) is 6.73. The zero-order chi connectivity index (χ0) is 19.7. The van der Waals surface area contributed by atoms with Crippen LogP contribution in [0.5, 0.6) is 5.75 Å². The lowest BCUT2D eigenvalue weighted by molar-refractivity contribution is 0.121. The summed E-state index contributed by atoms with van der Waals surface area (Å²) in [5, 5.41) is 14.2. The second kappa shape index (κ2) is 7.66. The minimum atomic E-state index is 0.0154. The highest BCUT2D eigenvalue weighted by molar-refractivity contribution is 5.48. The highest BCUT2D eigenvalue weighted by Gasteiger charge is 2.42. The highest BCUT2D eigenvalue weighted by Crippen LogP contribution is 2.44. The molecule has 0 amide bonds. The summed E-state index contributed by atoms with van der Waals surface area (Å²) in [6.45, 7) is 4.10. The van der Waals surface area contributed by atoms with Crippen molar-refractivity contribution in [2.75, 3.05) is 19.6 Å². The number of benzene rings is 3. The third kappa shape index (κ3) is 3.57. The van der Waals surface area contributed by atoms with Gasteiger partial charge in [-0.2, -0.15) is 0 Å². The molecule has 0 radical (unpaired) electrons. The van der Waals surface area contributed by atoms with Crippen molar-refractivity contribution in [2.45, 2.75) is 30.8 Å². The fraction of sp³-hybridized carbons (Fsp3) is 0.308. The predicted octanol–water partition coefficient (Wildman–Crippen LogP) is 4.62. The first kappa shape index (κ1) is 18.4. The molecule has 3 aromatic rings. The molecular formula is C26H28N2O. The molecule has 3 nitrogen and oxygen atoms in total. The summed E-state index contributed by atoms with van der Waals surface area (Å²) in [5.74, 6) is 0.648. The Hall–Kier alpha value is -2.62. The summed E-state index contributed by atoms with van der Waals surface area (Å²) in [6, 6.07) is 27.4. The van der Waals surface area contributed by atoms with Crippen molar-refractivity contribution in [2.24, 2.45) is 0 Å². The maximum Gasteiger partial charge on any atom is 0.115 e. The number of rotatable bonds is 3. The molecule has 0 aliphatic carbocycles. The van der Waals surface area contributed by atoms with Crippen molar-refractivity contribution in [3.63, 3.8) is 0 Å². The fourth-order valence-corrected chi connectivity index (χ4v) is 5.14. The topological polar surface area (TPSA) is 35.5 Å². The Bertz CT molecular complexity index is 963. The summed E-state index contributed by atoms with van der Waals surface area (Å²) in [7, 11) is 0. The molecule has 148 valence electrons. The second-order valence-corrected chi connectivity index (χ2v) is 8.46. The van der Waals surface area contributed by atoms with Gasteiger partial charge in [-0.15, -0.1) is 0 Å². The van der Waals surface area contributed by atoms with E-state index in [4.69, 9.17) is 0 Å². The first-order valence-electron chi connectivity index (χ1n) is 10.6. The monoisotopic (exact) mass is 384 g/mol. The molecule has 0 saturated carbocycles. The first-order chi connectivity index (χ1) is 14.2. The van der Waals surface area contributed by atoms with Crippen molar-refractivity contribution in [1.29, 1.82) is 0 Å². The lowest BCUT2D eigenvalue weighted by Crippen LogP contribution is -2.54. The molecule has 2 heterocycles. The number of phenols is 1. The van der Waals surface area contributed by atoms with E-state index < -0.39 is 0 Å². The Morgan fingerprint density at radius 2 is 1.59 bits per heavy atom. The summed E-state index contributed by atoms with van der Waals surface area (Å²) >= 11 is 0. The minimum absolute atomic E-state index is 0.0154. The SMILES string of the molecule is Oc1ccc2c(c1)C(c1ccccc1)CNC21CCN(Cc2ccccc2)CC1. The van der Waals surface area contributed by atoms with Gasteiger partial charge in [-0.25, -0.2) is 0 Å². The highest BCUT2D eigenvalue weighted by atomic mass is 16.3. The van der Waals surface area contributed by atoms with Crippen LogP contribution in [0.3, 0.4) is 0 Å². The van der Waals surface area contributed by atoms with Gasteiger partial charge in [-0.3, -0.25) is 4.90 Å². The van der Waals surface area contributed by atoms with Crippen LogP contribution in [0.2, 0.25) is 0 Å². The Morgan fingerprint density at radius 3 is 2.31 bits per heavy atom. The molecule has 2 aliphatic heterocycles. The molecule has 1 unspecified atom stereocenters. The van der Waals surface area contributed by atoms with Crippen LogP contribution >= 0.6 is 0 Å². The van der Waals surface area contributed by atoms with E-state index in [1.54, 1.807) is 0 Å². The second-order valence-electron chi connectivity index (χ2n) is 8.46. The molecule has 0 aromatic heterocycles. The van der Waals surface area contributed by atoms with Gasteiger partial charge in [-0.05, 0) is 47.2 Å². The van der Waals surface area contributed by atoms with Crippen molar-refractivity contribution >= 4 is 0 Å². The Balaban J connectivity index is 1.40. The average Bonchev–Trinajstić information content (AvgIpc) is 2.77. The lowest BCUT2D eigenvalue weighted by Gasteiger charge is -2.48. The number of nitrogens with one attached hydrogen (secondary N) is 1. The third-order valence-corrected chi connectivity index (χ3v) is 6.73. The molecule has 3 aromatic carbocycles. The summed E-state index contributed by atoms with van der Waals surface area (Å²) in [4.78, 5) is 2.56. The summed E-state index contributed by atoms with van der Waals surface area (Å²) in [6.07, 6.45) is 2.19. The Morgan fingerprint density at radius 1 is 0.897 bits per heavy atom. The van der Waals surface area contributed by atoms with Gasteiger partial charge >= 0.3 is 0 Å². The van der Waals surface area contributed by atoms with Gasteiger partial charge in [0.2, 0.25) is 0 Å². The maximum absolute atomic E-state index is 10.2. The van der Waals surface area contributed by atoms with Crippen LogP contribution < -0.4 is 5.32 Å². The number of hydrogen-bond acceptors (Lipinski definition) is 3. The normalized spacial score (nSPS) is 21.0. The van der Waals surface area contributed by atoms with Crippen LogP contribution in [0.1, 0.15) is 41.0 Å². The van der Waals surface area contributed by atoms with Gasteiger partial charge in [0.1, 0.15) is 5.75 Å². The van der Waals surface area contributed by atoms with Crippen LogP contribution in [-0.4, -0.2) is 29.6 Å². The zero-order valence-electron chi connectivity index (χ0n) is 16.7. The van der Waals surface area contributed by atoms with Gasteiger partial charge in [0.05, 0.1) is 0 Å². The molecule has 2 aliphatic rings. The van der Waals surface area contributed by atoms with Crippen LogP contribution in [0.15, 0.2) is 78.9 Å². The molecule has 3 heteroatoms.